The molecule has 0 radical (unpaired) electrons. The smallest absolute Gasteiger partial charge is 0.279 e. The third kappa shape index (κ3) is 3.89. The predicted molar refractivity (Wildman–Crippen MR) is 107 cm³/mol. The van der Waals surface area contributed by atoms with Gasteiger partial charge in [-0.05, 0) is 36.8 Å². The summed E-state index contributed by atoms with van der Waals surface area (Å²) in [6, 6.07) is 10.6. The van der Waals surface area contributed by atoms with E-state index in [2.05, 4.69) is 15.5 Å². The SMILES string of the molecule is Cc1ccc(-c2cc(C(=O)Nc3nc4ccc(S(C)(=O)=O)cc4s3)no2)cc1F. The van der Waals surface area contributed by atoms with Crippen molar-refractivity contribution in [3.05, 3.63) is 59.5 Å². The highest BCUT2D eigenvalue weighted by molar-refractivity contribution is 7.90. The highest BCUT2D eigenvalue weighted by Crippen LogP contribution is 2.29. The van der Waals surface area contributed by atoms with E-state index in [-0.39, 0.29) is 22.2 Å². The number of nitrogens with zero attached hydrogens (tertiary/aromatic N) is 2. The second-order valence-electron chi connectivity index (χ2n) is 6.42. The molecule has 0 spiro atoms. The van der Waals surface area contributed by atoms with Crippen LogP contribution in [0.1, 0.15) is 16.1 Å². The van der Waals surface area contributed by atoms with Gasteiger partial charge in [-0.1, -0.05) is 28.6 Å². The molecule has 0 unspecified atom stereocenters. The highest BCUT2D eigenvalue weighted by atomic mass is 32.2. The van der Waals surface area contributed by atoms with Crippen LogP contribution in [0.25, 0.3) is 21.5 Å². The number of fused-ring (bicyclic) bond motifs is 1. The summed E-state index contributed by atoms with van der Waals surface area (Å²) in [7, 11) is -3.34. The second kappa shape index (κ2) is 7.05. The van der Waals surface area contributed by atoms with Crippen LogP contribution in [0.2, 0.25) is 0 Å². The molecule has 0 aliphatic rings. The van der Waals surface area contributed by atoms with Gasteiger partial charge >= 0.3 is 0 Å². The number of carbonyl (C=O) groups excluding carboxylic acids is 1. The molecule has 29 heavy (non-hydrogen) atoms. The van der Waals surface area contributed by atoms with E-state index in [0.717, 1.165) is 17.6 Å². The zero-order valence-corrected chi connectivity index (χ0v) is 16.9. The van der Waals surface area contributed by atoms with Gasteiger partial charge in [-0.15, -0.1) is 0 Å². The number of carbonyl (C=O) groups is 1. The van der Waals surface area contributed by atoms with Crippen molar-refractivity contribution < 1.29 is 22.1 Å². The van der Waals surface area contributed by atoms with Crippen LogP contribution >= 0.6 is 11.3 Å². The first-order valence-corrected chi connectivity index (χ1v) is 11.1. The molecule has 7 nitrogen and oxygen atoms in total. The molecule has 1 amide bonds. The van der Waals surface area contributed by atoms with Crippen molar-refractivity contribution in [2.45, 2.75) is 11.8 Å². The number of halogens is 1. The number of amides is 1. The van der Waals surface area contributed by atoms with Crippen molar-refractivity contribution in [3.63, 3.8) is 0 Å². The number of aryl methyl sites for hydroxylation is 1. The molecule has 0 bridgehead atoms. The van der Waals surface area contributed by atoms with Gasteiger partial charge in [-0.2, -0.15) is 0 Å². The number of sulfone groups is 1. The Morgan fingerprint density at radius 3 is 2.69 bits per heavy atom. The van der Waals surface area contributed by atoms with E-state index in [4.69, 9.17) is 4.52 Å². The molecule has 4 aromatic rings. The van der Waals surface area contributed by atoms with Crippen LogP contribution in [0, 0.1) is 12.7 Å². The van der Waals surface area contributed by atoms with Gasteiger partial charge in [0.1, 0.15) is 5.82 Å². The first-order chi connectivity index (χ1) is 13.7. The summed E-state index contributed by atoms with van der Waals surface area (Å²) in [6.07, 6.45) is 1.12. The average molecular weight is 431 g/mol. The maximum atomic E-state index is 13.7. The van der Waals surface area contributed by atoms with E-state index < -0.39 is 15.7 Å². The van der Waals surface area contributed by atoms with Gasteiger partial charge in [0, 0.05) is 17.9 Å². The van der Waals surface area contributed by atoms with E-state index in [0.29, 0.717) is 26.5 Å². The zero-order chi connectivity index (χ0) is 20.8. The number of hydrogen-bond acceptors (Lipinski definition) is 7. The standard InChI is InChI=1S/C19H14FN3O4S2/c1-10-3-4-11(7-13(10)20)16-9-15(23-27-16)18(24)22-19-21-14-6-5-12(29(2,25)26)8-17(14)28-19/h3-9H,1-2H3,(H,21,22,24). The number of aromatic nitrogens is 2. The molecule has 0 aliphatic carbocycles. The maximum absolute atomic E-state index is 13.7. The molecule has 0 aliphatic heterocycles. The summed E-state index contributed by atoms with van der Waals surface area (Å²) in [5.41, 5.74) is 1.54. The molecule has 2 aromatic heterocycles. The lowest BCUT2D eigenvalue weighted by molar-refractivity contribution is 0.101. The van der Waals surface area contributed by atoms with Crippen LogP contribution in [0.15, 0.2) is 51.9 Å². The lowest BCUT2D eigenvalue weighted by atomic mass is 10.1. The minimum Gasteiger partial charge on any atom is -0.355 e. The van der Waals surface area contributed by atoms with E-state index in [1.807, 2.05) is 0 Å². The molecule has 0 saturated carbocycles. The summed E-state index contributed by atoms with van der Waals surface area (Å²) in [6.45, 7) is 1.65. The number of rotatable bonds is 4. The van der Waals surface area contributed by atoms with Gasteiger partial charge in [0.05, 0.1) is 15.1 Å². The van der Waals surface area contributed by atoms with Crippen molar-refractivity contribution in [2.24, 2.45) is 0 Å². The van der Waals surface area contributed by atoms with E-state index in [1.54, 1.807) is 25.1 Å². The minimum atomic E-state index is -3.34. The summed E-state index contributed by atoms with van der Waals surface area (Å²) in [5.74, 6) is -0.668. The number of anilines is 1. The van der Waals surface area contributed by atoms with Gasteiger partial charge in [0.25, 0.3) is 5.91 Å². The Hall–Kier alpha value is -3.11. The van der Waals surface area contributed by atoms with Crippen molar-refractivity contribution in [3.8, 4) is 11.3 Å². The second-order valence-corrected chi connectivity index (χ2v) is 9.46. The predicted octanol–water partition coefficient (Wildman–Crippen LogP) is 4.05. The van der Waals surface area contributed by atoms with Crippen molar-refractivity contribution in [1.29, 1.82) is 0 Å². The van der Waals surface area contributed by atoms with Crippen LogP contribution in [0.3, 0.4) is 0 Å². The lowest BCUT2D eigenvalue weighted by Gasteiger charge is -1.98. The minimum absolute atomic E-state index is 0.0112. The van der Waals surface area contributed by atoms with Crippen LogP contribution < -0.4 is 5.32 Å². The Bertz CT molecular complexity index is 1360. The Balaban J connectivity index is 1.56. The summed E-state index contributed by atoms with van der Waals surface area (Å²) in [5, 5.41) is 6.64. The average Bonchev–Trinajstić information content (AvgIpc) is 3.29. The maximum Gasteiger partial charge on any atom is 0.279 e. The quantitative estimate of drug-likeness (QED) is 0.523. The number of nitrogens with one attached hydrogen (secondary N) is 1. The zero-order valence-electron chi connectivity index (χ0n) is 15.3. The van der Waals surface area contributed by atoms with Gasteiger partial charge in [0.2, 0.25) is 0 Å². The third-order valence-corrected chi connectivity index (χ3v) is 6.25. The fourth-order valence-electron chi connectivity index (χ4n) is 2.61. The van der Waals surface area contributed by atoms with Gasteiger partial charge in [-0.3, -0.25) is 10.1 Å². The Morgan fingerprint density at radius 2 is 1.97 bits per heavy atom. The molecular formula is C19H14FN3O4S2. The topological polar surface area (TPSA) is 102 Å². The Labute approximate surface area is 169 Å². The molecule has 2 aromatic carbocycles. The van der Waals surface area contributed by atoms with Gasteiger partial charge < -0.3 is 4.52 Å². The number of hydrogen-bond donors (Lipinski definition) is 1. The fraction of sp³-hybridized carbons (Fsp3) is 0.105. The molecule has 10 heteroatoms. The van der Waals surface area contributed by atoms with Crippen molar-refractivity contribution >= 4 is 42.4 Å². The van der Waals surface area contributed by atoms with E-state index >= 15 is 0 Å². The molecule has 4 rings (SSSR count). The van der Waals surface area contributed by atoms with Crippen molar-refractivity contribution in [2.75, 3.05) is 11.6 Å². The van der Waals surface area contributed by atoms with Gasteiger partial charge in [-0.25, -0.2) is 17.8 Å². The molecule has 0 fully saturated rings. The molecule has 0 atom stereocenters. The van der Waals surface area contributed by atoms with E-state index in [1.165, 1.54) is 24.3 Å². The van der Waals surface area contributed by atoms with Crippen molar-refractivity contribution in [1.82, 2.24) is 10.1 Å². The number of benzene rings is 2. The van der Waals surface area contributed by atoms with Crippen LogP contribution in [-0.4, -0.2) is 30.7 Å². The van der Waals surface area contributed by atoms with Gasteiger partial charge in [0.15, 0.2) is 26.4 Å². The van der Waals surface area contributed by atoms with Crippen LogP contribution in [0.5, 0.6) is 0 Å². The monoisotopic (exact) mass is 431 g/mol. The number of thiazole rings is 1. The third-order valence-electron chi connectivity index (χ3n) is 4.21. The Morgan fingerprint density at radius 1 is 1.17 bits per heavy atom. The molecule has 148 valence electrons. The first kappa shape index (κ1) is 19.2. The largest absolute Gasteiger partial charge is 0.355 e. The Kier molecular flexibility index (Phi) is 4.67. The molecule has 2 heterocycles. The summed E-state index contributed by atoms with van der Waals surface area (Å²) < 4.78 is 42.9. The summed E-state index contributed by atoms with van der Waals surface area (Å²) >= 11 is 1.14. The molecular weight excluding hydrogens is 417 g/mol. The normalized spacial score (nSPS) is 11.7. The fourth-order valence-corrected chi connectivity index (χ4v) is 4.24. The lowest BCUT2D eigenvalue weighted by Crippen LogP contribution is -2.11. The van der Waals surface area contributed by atoms with E-state index in [9.17, 15) is 17.6 Å². The first-order valence-electron chi connectivity index (χ1n) is 8.36. The summed E-state index contributed by atoms with van der Waals surface area (Å²) in [4.78, 5) is 16.9. The van der Waals surface area contributed by atoms with Crippen LogP contribution in [-0.2, 0) is 9.84 Å². The molecule has 1 N–H and O–H groups in total. The highest BCUT2D eigenvalue weighted by Gasteiger charge is 2.17. The molecule has 0 saturated heterocycles. The van der Waals surface area contributed by atoms with Crippen LogP contribution in [0.4, 0.5) is 9.52 Å².